The number of hydrogen-bond acceptors (Lipinski definition) is 4. The van der Waals surface area contributed by atoms with Crippen molar-refractivity contribution in [2.24, 2.45) is 17.4 Å². The van der Waals surface area contributed by atoms with Gasteiger partial charge >= 0.3 is 0 Å². The van der Waals surface area contributed by atoms with Gasteiger partial charge < -0.3 is 21.1 Å². The van der Waals surface area contributed by atoms with Crippen molar-refractivity contribution < 1.29 is 14.3 Å². The van der Waals surface area contributed by atoms with Crippen LogP contribution < -0.4 is 11.5 Å². The molecule has 1 rings (SSSR count). The standard InChI is InChI=1S/C11H21N3O3/c1-7(2)5-8(12)11(16)14-3-4-17-9(6-14)10(13)15/h7-9H,3-6,12H2,1-2H3,(H2,13,15)/t8-,9+/m0/s1. The Bertz CT molecular complexity index is 294. The van der Waals surface area contributed by atoms with Gasteiger partial charge in [0.2, 0.25) is 11.8 Å². The fourth-order valence-electron chi connectivity index (χ4n) is 1.86. The van der Waals surface area contributed by atoms with Crippen LogP contribution in [-0.2, 0) is 14.3 Å². The largest absolute Gasteiger partial charge is 0.367 e. The van der Waals surface area contributed by atoms with Crippen LogP contribution in [0.15, 0.2) is 0 Å². The first-order chi connectivity index (χ1) is 7.91. The van der Waals surface area contributed by atoms with E-state index in [1.54, 1.807) is 4.90 Å². The van der Waals surface area contributed by atoms with Gasteiger partial charge in [-0.25, -0.2) is 0 Å². The predicted molar refractivity (Wildman–Crippen MR) is 62.9 cm³/mol. The van der Waals surface area contributed by atoms with E-state index < -0.39 is 18.1 Å². The molecule has 0 aromatic carbocycles. The van der Waals surface area contributed by atoms with E-state index in [9.17, 15) is 9.59 Å². The molecule has 1 heterocycles. The van der Waals surface area contributed by atoms with Crippen molar-refractivity contribution in [2.75, 3.05) is 19.7 Å². The third-order valence-electron chi connectivity index (χ3n) is 2.74. The zero-order chi connectivity index (χ0) is 13.0. The molecule has 6 heteroatoms. The molecule has 2 amide bonds. The quantitative estimate of drug-likeness (QED) is 0.666. The maximum Gasteiger partial charge on any atom is 0.248 e. The van der Waals surface area contributed by atoms with E-state index in [2.05, 4.69) is 0 Å². The molecule has 0 aromatic heterocycles. The van der Waals surface area contributed by atoms with Gasteiger partial charge in [0.1, 0.15) is 0 Å². The number of carbonyl (C=O) groups excluding carboxylic acids is 2. The van der Waals surface area contributed by atoms with Gasteiger partial charge in [-0.15, -0.1) is 0 Å². The van der Waals surface area contributed by atoms with Gasteiger partial charge in [-0.1, -0.05) is 13.8 Å². The normalized spacial score (nSPS) is 22.6. The van der Waals surface area contributed by atoms with Crippen LogP contribution in [0, 0.1) is 5.92 Å². The number of primary amides is 1. The van der Waals surface area contributed by atoms with Crippen molar-refractivity contribution in [3.63, 3.8) is 0 Å². The maximum atomic E-state index is 12.0. The second-order valence-electron chi connectivity index (χ2n) is 4.78. The molecular weight excluding hydrogens is 222 g/mol. The molecule has 98 valence electrons. The minimum atomic E-state index is -0.709. The summed E-state index contributed by atoms with van der Waals surface area (Å²) < 4.78 is 5.17. The second-order valence-corrected chi connectivity index (χ2v) is 4.78. The number of rotatable bonds is 4. The summed E-state index contributed by atoms with van der Waals surface area (Å²) in [5.41, 5.74) is 11.0. The molecule has 1 fully saturated rings. The van der Waals surface area contributed by atoms with Crippen molar-refractivity contribution >= 4 is 11.8 Å². The minimum absolute atomic E-state index is 0.131. The summed E-state index contributed by atoms with van der Waals surface area (Å²) in [4.78, 5) is 24.6. The summed E-state index contributed by atoms with van der Waals surface area (Å²) in [6, 6.07) is -0.512. The van der Waals surface area contributed by atoms with Gasteiger partial charge in [0.25, 0.3) is 0 Å². The molecule has 2 atom stereocenters. The Labute approximate surface area is 101 Å². The summed E-state index contributed by atoms with van der Waals surface area (Å²) in [5.74, 6) is -0.310. The summed E-state index contributed by atoms with van der Waals surface area (Å²) in [5, 5.41) is 0. The van der Waals surface area contributed by atoms with Crippen LogP contribution in [0.1, 0.15) is 20.3 Å². The van der Waals surface area contributed by atoms with Gasteiger partial charge in [-0.2, -0.15) is 0 Å². The molecule has 0 spiro atoms. The highest BCUT2D eigenvalue weighted by Gasteiger charge is 2.30. The molecule has 6 nitrogen and oxygen atoms in total. The number of hydrogen-bond donors (Lipinski definition) is 2. The third kappa shape index (κ3) is 3.98. The number of carbonyl (C=O) groups is 2. The van der Waals surface area contributed by atoms with E-state index in [-0.39, 0.29) is 12.5 Å². The van der Waals surface area contributed by atoms with Crippen molar-refractivity contribution in [1.82, 2.24) is 4.90 Å². The first-order valence-corrected chi connectivity index (χ1v) is 5.87. The molecule has 0 unspecified atom stereocenters. The Kier molecular flexibility index (Phi) is 4.89. The van der Waals surface area contributed by atoms with Gasteiger partial charge in [-0.05, 0) is 12.3 Å². The molecular formula is C11H21N3O3. The van der Waals surface area contributed by atoms with Gasteiger partial charge in [0.05, 0.1) is 19.2 Å². The van der Waals surface area contributed by atoms with Crippen LogP contribution in [0.3, 0.4) is 0 Å². The van der Waals surface area contributed by atoms with Crippen molar-refractivity contribution in [3.05, 3.63) is 0 Å². The molecule has 0 radical (unpaired) electrons. The molecule has 4 N–H and O–H groups in total. The van der Waals surface area contributed by atoms with Gasteiger partial charge in [0.15, 0.2) is 6.10 Å². The number of nitrogens with zero attached hydrogens (tertiary/aromatic N) is 1. The van der Waals surface area contributed by atoms with Crippen LogP contribution in [0.2, 0.25) is 0 Å². The van der Waals surface area contributed by atoms with Crippen LogP contribution in [0.4, 0.5) is 0 Å². The second kappa shape index (κ2) is 5.97. The summed E-state index contributed by atoms with van der Waals surface area (Å²) in [6.07, 6.45) is -0.0730. The van der Waals surface area contributed by atoms with E-state index >= 15 is 0 Å². The molecule has 0 aliphatic carbocycles. The Morgan fingerprint density at radius 1 is 1.47 bits per heavy atom. The number of ether oxygens (including phenoxy) is 1. The Morgan fingerprint density at radius 2 is 2.12 bits per heavy atom. The smallest absolute Gasteiger partial charge is 0.248 e. The molecule has 1 aliphatic rings. The number of amides is 2. The third-order valence-corrected chi connectivity index (χ3v) is 2.74. The summed E-state index contributed by atoms with van der Waals surface area (Å²) >= 11 is 0. The molecule has 1 aliphatic heterocycles. The first kappa shape index (κ1) is 13.9. The zero-order valence-corrected chi connectivity index (χ0v) is 10.4. The van der Waals surface area contributed by atoms with Crippen molar-refractivity contribution in [1.29, 1.82) is 0 Å². The summed E-state index contributed by atoms with van der Waals surface area (Å²) in [6.45, 7) is 5.03. The fraction of sp³-hybridized carbons (Fsp3) is 0.818. The average Bonchev–Trinajstić information content (AvgIpc) is 2.27. The highest BCUT2D eigenvalue weighted by atomic mass is 16.5. The average molecular weight is 243 g/mol. The highest BCUT2D eigenvalue weighted by molar-refractivity contribution is 5.84. The van der Waals surface area contributed by atoms with E-state index in [1.165, 1.54) is 0 Å². The minimum Gasteiger partial charge on any atom is -0.367 e. The summed E-state index contributed by atoms with van der Waals surface area (Å²) in [7, 11) is 0. The van der Waals surface area contributed by atoms with E-state index in [1.807, 2.05) is 13.8 Å². The number of morpholine rings is 1. The lowest BCUT2D eigenvalue weighted by atomic mass is 10.0. The molecule has 0 bridgehead atoms. The van der Waals surface area contributed by atoms with Crippen LogP contribution in [0.5, 0.6) is 0 Å². The fourth-order valence-corrected chi connectivity index (χ4v) is 1.86. The molecule has 17 heavy (non-hydrogen) atoms. The van der Waals surface area contributed by atoms with Gasteiger partial charge in [0, 0.05) is 6.54 Å². The Hall–Kier alpha value is -1.14. The monoisotopic (exact) mass is 243 g/mol. The van der Waals surface area contributed by atoms with Crippen LogP contribution in [0.25, 0.3) is 0 Å². The first-order valence-electron chi connectivity index (χ1n) is 5.87. The van der Waals surface area contributed by atoms with Gasteiger partial charge in [-0.3, -0.25) is 9.59 Å². The van der Waals surface area contributed by atoms with Crippen LogP contribution in [-0.4, -0.2) is 48.6 Å². The zero-order valence-electron chi connectivity index (χ0n) is 10.4. The van der Waals surface area contributed by atoms with E-state index in [0.717, 1.165) is 0 Å². The molecule has 0 saturated carbocycles. The van der Waals surface area contributed by atoms with Crippen molar-refractivity contribution in [2.45, 2.75) is 32.4 Å². The van der Waals surface area contributed by atoms with E-state index in [0.29, 0.717) is 25.5 Å². The maximum absolute atomic E-state index is 12.0. The van der Waals surface area contributed by atoms with Crippen molar-refractivity contribution in [3.8, 4) is 0 Å². The Morgan fingerprint density at radius 3 is 2.65 bits per heavy atom. The lowest BCUT2D eigenvalue weighted by molar-refractivity contribution is -0.146. The Balaban J connectivity index is 2.54. The molecule has 0 aromatic rings. The molecule has 1 saturated heterocycles. The lowest BCUT2D eigenvalue weighted by Crippen LogP contribution is -2.54. The highest BCUT2D eigenvalue weighted by Crippen LogP contribution is 2.10. The number of nitrogens with two attached hydrogens (primary N) is 2. The van der Waals surface area contributed by atoms with Crippen LogP contribution >= 0.6 is 0 Å². The topological polar surface area (TPSA) is 98.7 Å². The lowest BCUT2D eigenvalue weighted by Gasteiger charge is -2.33. The van der Waals surface area contributed by atoms with E-state index in [4.69, 9.17) is 16.2 Å². The predicted octanol–water partition coefficient (Wildman–Crippen LogP) is -0.927. The SMILES string of the molecule is CC(C)C[C@H](N)C(=O)N1CCO[C@@H](C(N)=O)C1.